The highest BCUT2D eigenvalue weighted by Gasteiger charge is 2.42. The lowest BCUT2D eigenvalue weighted by atomic mass is 9.87. The maximum absolute atomic E-state index is 5.70. The van der Waals surface area contributed by atoms with E-state index in [0.29, 0.717) is 11.5 Å². The van der Waals surface area contributed by atoms with Gasteiger partial charge in [0.2, 0.25) is 0 Å². The Hall–Kier alpha value is -0.900. The van der Waals surface area contributed by atoms with Crippen molar-refractivity contribution >= 4 is 29.9 Å². The SMILES string of the molecule is CCNC(=NCC(c1ccccc1)N1CCOCC1)N1CCC2(CCOC2)C1.I. The smallest absolute Gasteiger partial charge is 0.194 e. The molecule has 0 radical (unpaired) electrons. The number of nitrogens with zero attached hydrogens (tertiary/aromatic N) is 3. The van der Waals surface area contributed by atoms with Gasteiger partial charge in [-0.25, -0.2) is 0 Å². The first-order valence-corrected chi connectivity index (χ1v) is 10.8. The summed E-state index contributed by atoms with van der Waals surface area (Å²) in [6, 6.07) is 11.1. The van der Waals surface area contributed by atoms with Crippen LogP contribution in [0.15, 0.2) is 35.3 Å². The zero-order valence-electron chi connectivity index (χ0n) is 17.5. The molecule has 3 heterocycles. The van der Waals surface area contributed by atoms with Crippen LogP contribution < -0.4 is 5.32 Å². The average molecular weight is 514 g/mol. The van der Waals surface area contributed by atoms with Crippen molar-refractivity contribution in [2.45, 2.75) is 25.8 Å². The quantitative estimate of drug-likeness (QED) is 0.372. The number of likely N-dealkylation sites (tertiary alicyclic amines) is 1. The van der Waals surface area contributed by atoms with Gasteiger partial charge in [0.05, 0.1) is 32.4 Å². The van der Waals surface area contributed by atoms with Gasteiger partial charge in [0, 0.05) is 44.7 Å². The monoisotopic (exact) mass is 514 g/mol. The molecule has 3 fully saturated rings. The highest BCUT2D eigenvalue weighted by Crippen LogP contribution is 2.38. The highest BCUT2D eigenvalue weighted by molar-refractivity contribution is 14.0. The fourth-order valence-corrected chi connectivity index (χ4v) is 4.68. The maximum atomic E-state index is 5.70. The molecule has 3 aliphatic heterocycles. The Morgan fingerprint density at radius 3 is 2.59 bits per heavy atom. The van der Waals surface area contributed by atoms with E-state index >= 15 is 0 Å². The molecule has 162 valence electrons. The number of morpholine rings is 1. The molecule has 29 heavy (non-hydrogen) atoms. The van der Waals surface area contributed by atoms with Crippen LogP contribution in [0.3, 0.4) is 0 Å². The second-order valence-electron chi connectivity index (χ2n) is 8.24. The zero-order chi connectivity index (χ0) is 19.2. The van der Waals surface area contributed by atoms with Crippen molar-refractivity contribution in [3.63, 3.8) is 0 Å². The van der Waals surface area contributed by atoms with Gasteiger partial charge in [-0.15, -0.1) is 24.0 Å². The van der Waals surface area contributed by atoms with E-state index in [2.05, 4.69) is 52.4 Å². The third kappa shape index (κ3) is 5.62. The van der Waals surface area contributed by atoms with Crippen molar-refractivity contribution in [3.8, 4) is 0 Å². The fourth-order valence-electron chi connectivity index (χ4n) is 4.68. The summed E-state index contributed by atoms with van der Waals surface area (Å²) in [5.74, 6) is 1.06. The number of benzene rings is 1. The standard InChI is InChI=1S/C22H34N4O2.HI/c1-2-23-21(26-10-8-22(17-26)9-13-28-18-22)24-16-20(19-6-4-3-5-7-19)25-11-14-27-15-12-25;/h3-7,20H,2,8-18H2,1H3,(H,23,24);1H. The molecule has 0 saturated carbocycles. The van der Waals surface area contributed by atoms with E-state index in [1.54, 1.807) is 0 Å². The number of nitrogens with one attached hydrogen (secondary N) is 1. The minimum absolute atomic E-state index is 0. The first kappa shape index (κ1) is 22.8. The van der Waals surface area contributed by atoms with Crippen LogP contribution in [0.1, 0.15) is 31.4 Å². The van der Waals surface area contributed by atoms with Crippen LogP contribution in [0.2, 0.25) is 0 Å². The largest absolute Gasteiger partial charge is 0.381 e. The van der Waals surface area contributed by atoms with E-state index in [1.807, 2.05) is 0 Å². The molecule has 3 aliphatic rings. The van der Waals surface area contributed by atoms with Crippen molar-refractivity contribution in [2.75, 3.05) is 65.7 Å². The minimum Gasteiger partial charge on any atom is -0.381 e. The number of rotatable bonds is 5. The van der Waals surface area contributed by atoms with Crippen LogP contribution in [-0.2, 0) is 9.47 Å². The molecule has 4 rings (SSSR count). The van der Waals surface area contributed by atoms with Gasteiger partial charge in [0.1, 0.15) is 0 Å². The summed E-state index contributed by atoms with van der Waals surface area (Å²) in [4.78, 5) is 10.1. The van der Waals surface area contributed by atoms with Gasteiger partial charge in [-0.2, -0.15) is 0 Å². The summed E-state index contributed by atoms with van der Waals surface area (Å²) >= 11 is 0. The summed E-state index contributed by atoms with van der Waals surface area (Å²) < 4.78 is 11.3. The van der Waals surface area contributed by atoms with Crippen molar-refractivity contribution in [2.24, 2.45) is 10.4 Å². The van der Waals surface area contributed by atoms with E-state index in [0.717, 1.165) is 71.7 Å². The Kier molecular flexibility index (Phi) is 8.58. The molecule has 0 bridgehead atoms. The number of hydrogen-bond acceptors (Lipinski definition) is 4. The van der Waals surface area contributed by atoms with Crippen molar-refractivity contribution in [1.82, 2.24) is 15.1 Å². The second kappa shape index (κ2) is 10.9. The molecule has 0 aromatic heterocycles. The molecule has 7 heteroatoms. The predicted octanol–water partition coefficient (Wildman–Crippen LogP) is 2.76. The Balaban J connectivity index is 0.00000240. The van der Waals surface area contributed by atoms with Crippen LogP contribution in [-0.4, -0.2) is 81.5 Å². The topological polar surface area (TPSA) is 49.3 Å². The number of ether oxygens (including phenoxy) is 2. The summed E-state index contributed by atoms with van der Waals surface area (Å²) in [6.07, 6.45) is 2.40. The van der Waals surface area contributed by atoms with Gasteiger partial charge in [-0.3, -0.25) is 9.89 Å². The molecule has 1 aromatic rings. The Morgan fingerprint density at radius 1 is 1.10 bits per heavy atom. The maximum Gasteiger partial charge on any atom is 0.194 e. The zero-order valence-corrected chi connectivity index (χ0v) is 19.8. The summed E-state index contributed by atoms with van der Waals surface area (Å²) in [6.45, 7) is 11.3. The predicted molar refractivity (Wildman–Crippen MR) is 127 cm³/mol. The molecular formula is C22H35IN4O2. The lowest BCUT2D eigenvalue weighted by Gasteiger charge is -2.34. The van der Waals surface area contributed by atoms with Crippen molar-refractivity contribution in [1.29, 1.82) is 0 Å². The summed E-state index contributed by atoms with van der Waals surface area (Å²) in [7, 11) is 0. The fraction of sp³-hybridized carbons (Fsp3) is 0.682. The lowest BCUT2D eigenvalue weighted by molar-refractivity contribution is 0.0179. The van der Waals surface area contributed by atoms with E-state index in [1.165, 1.54) is 18.4 Å². The van der Waals surface area contributed by atoms with Gasteiger partial charge in [0.25, 0.3) is 0 Å². The van der Waals surface area contributed by atoms with Gasteiger partial charge in [-0.05, 0) is 25.3 Å². The third-order valence-corrected chi connectivity index (χ3v) is 6.34. The van der Waals surface area contributed by atoms with E-state index in [9.17, 15) is 0 Å². The van der Waals surface area contributed by atoms with E-state index in [-0.39, 0.29) is 24.0 Å². The Labute approximate surface area is 192 Å². The van der Waals surface area contributed by atoms with Crippen LogP contribution >= 0.6 is 24.0 Å². The molecule has 1 spiro atoms. The molecule has 1 aromatic carbocycles. The van der Waals surface area contributed by atoms with Gasteiger partial charge < -0.3 is 19.7 Å². The molecule has 0 aliphatic carbocycles. The normalized spacial score (nSPS) is 26.5. The second-order valence-corrected chi connectivity index (χ2v) is 8.24. The molecular weight excluding hydrogens is 479 g/mol. The van der Waals surface area contributed by atoms with Gasteiger partial charge >= 0.3 is 0 Å². The first-order valence-electron chi connectivity index (χ1n) is 10.8. The number of hydrogen-bond donors (Lipinski definition) is 1. The number of guanidine groups is 1. The molecule has 2 atom stereocenters. The molecule has 1 N–H and O–H groups in total. The van der Waals surface area contributed by atoms with Crippen molar-refractivity contribution < 1.29 is 9.47 Å². The molecule has 3 saturated heterocycles. The highest BCUT2D eigenvalue weighted by atomic mass is 127. The van der Waals surface area contributed by atoms with Crippen LogP contribution in [0, 0.1) is 5.41 Å². The Bertz CT molecular complexity index is 645. The summed E-state index contributed by atoms with van der Waals surface area (Å²) in [5, 5.41) is 3.53. The number of halogens is 1. The third-order valence-electron chi connectivity index (χ3n) is 6.34. The molecule has 6 nitrogen and oxygen atoms in total. The average Bonchev–Trinajstić information content (AvgIpc) is 3.39. The first-order chi connectivity index (χ1) is 13.8. The number of aliphatic imine (C=N–C) groups is 1. The summed E-state index contributed by atoms with van der Waals surface area (Å²) in [5.41, 5.74) is 1.69. The van der Waals surface area contributed by atoms with Crippen LogP contribution in [0.5, 0.6) is 0 Å². The van der Waals surface area contributed by atoms with E-state index in [4.69, 9.17) is 14.5 Å². The minimum atomic E-state index is 0. The van der Waals surface area contributed by atoms with E-state index < -0.39 is 0 Å². The lowest BCUT2D eigenvalue weighted by Crippen LogP contribution is -2.43. The van der Waals surface area contributed by atoms with Crippen molar-refractivity contribution in [3.05, 3.63) is 35.9 Å². The molecule has 0 amide bonds. The Morgan fingerprint density at radius 2 is 1.90 bits per heavy atom. The van der Waals surface area contributed by atoms with Crippen LogP contribution in [0.4, 0.5) is 0 Å². The van der Waals surface area contributed by atoms with Crippen LogP contribution in [0.25, 0.3) is 0 Å². The van der Waals surface area contributed by atoms with Gasteiger partial charge in [-0.1, -0.05) is 30.3 Å². The van der Waals surface area contributed by atoms with Gasteiger partial charge in [0.15, 0.2) is 5.96 Å². The molecule has 2 unspecified atom stereocenters.